The van der Waals surface area contributed by atoms with Crippen molar-refractivity contribution in [3.63, 3.8) is 0 Å². The first-order valence-electron chi connectivity index (χ1n) is 7.92. The smallest absolute Gasteiger partial charge is 0.126 e. The van der Waals surface area contributed by atoms with E-state index in [1.807, 2.05) is 6.92 Å². The Balaban J connectivity index is 2.04. The van der Waals surface area contributed by atoms with Crippen molar-refractivity contribution in [2.75, 3.05) is 6.61 Å². The molecule has 0 saturated heterocycles. The number of hydrogen-bond acceptors (Lipinski definition) is 2. The van der Waals surface area contributed by atoms with Gasteiger partial charge in [0.2, 0.25) is 0 Å². The van der Waals surface area contributed by atoms with Crippen LogP contribution >= 0.6 is 0 Å². The number of hydrogen-bond donors (Lipinski definition) is 1. The van der Waals surface area contributed by atoms with Gasteiger partial charge in [-0.15, -0.1) is 0 Å². The zero-order chi connectivity index (χ0) is 15.2. The maximum atomic E-state index is 13.3. The second-order valence-electron chi connectivity index (χ2n) is 5.96. The monoisotopic (exact) mass is 297 g/mol. The van der Waals surface area contributed by atoms with Crippen molar-refractivity contribution in [3.05, 3.63) is 35.4 Å². The molecule has 118 valence electrons. The first-order valence-corrected chi connectivity index (χ1v) is 7.92. The SMILES string of the molecule is CCOC(C(N)Cc1cc(F)cc(F)c1)C1CCCCC1. The summed E-state index contributed by atoms with van der Waals surface area (Å²) in [5.74, 6) is -0.641. The molecule has 1 aromatic rings. The molecule has 2 atom stereocenters. The normalized spacial score (nSPS) is 19.4. The van der Waals surface area contributed by atoms with Crippen LogP contribution in [0.15, 0.2) is 18.2 Å². The molecule has 1 fully saturated rings. The fourth-order valence-corrected chi connectivity index (χ4v) is 3.38. The van der Waals surface area contributed by atoms with Gasteiger partial charge >= 0.3 is 0 Å². The average Bonchev–Trinajstić information content (AvgIpc) is 2.44. The third kappa shape index (κ3) is 4.75. The lowest BCUT2D eigenvalue weighted by atomic mass is 9.81. The summed E-state index contributed by atoms with van der Waals surface area (Å²) in [6.45, 7) is 2.58. The average molecular weight is 297 g/mol. The summed E-state index contributed by atoms with van der Waals surface area (Å²) in [5, 5.41) is 0. The van der Waals surface area contributed by atoms with Gasteiger partial charge in [0.1, 0.15) is 11.6 Å². The molecule has 1 aliphatic rings. The quantitative estimate of drug-likeness (QED) is 0.866. The zero-order valence-electron chi connectivity index (χ0n) is 12.7. The van der Waals surface area contributed by atoms with E-state index >= 15 is 0 Å². The Kier molecular flexibility index (Phi) is 6.12. The molecule has 4 heteroatoms. The van der Waals surface area contributed by atoms with Gasteiger partial charge in [-0.2, -0.15) is 0 Å². The van der Waals surface area contributed by atoms with Crippen molar-refractivity contribution >= 4 is 0 Å². The summed E-state index contributed by atoms with van der Waals surface area (Å²) >= 11 is 0. The van der Waals surface area contributed by atoms with Crippen LogP contribution in [-0.4, -0.2) is 18.8 Å². The molecule has 21 heavy (non-hydrogen) atoms. The number of halogens is 2. The summed E-state index contributed by atoms with van der Waals surface area (Å²) in [4.78, 5) is 0. The lowest BCUT2D eigenvalue weighted by Gasteiger charge is -2.34. The van der Waals surface area contributed by atoms with Gasteiger partial charge in [-0.1, -0.05) is 19.3 Å². The Bertz CT molecular complexity index is 426. The highest BCUT2D eigenvalue weighted by atomic mass is 19.1. The molecule has 0 aliphatic heterocycles. The number of rotatable bonds is 6. The van der Waals surface area contributed by atoms with Crippen molar-refractivity contribution in [1.82, 2.24) is 0 Å². The highest BCUT2D eigenvalue weighted by Gasteiger charge is 2.29. The summed E-state index contributed by atoms with van der Waals surface area (Å²) < 4.78 is 32.4. The Labute approximate surface area is 125 Å². The predicted octanol–water partition coefficient (Wildman–Crippen LogP) is 3.82. The van der Waals surface area contributed by atoms with E-state index in [0.29, 0.717) is 24.5 Å². The van der Waals surface area contributed by atoms with Crippen molar-refractivity contribution in [2.45, 2.75) is 57.6 Å². The van der Waals surface area contributed by atoms with Gasteiger partial charge in [0.25, 0.3) is 0 Å². The third-order valence-electron chi connectivity index (χ3n) is 4.29. The van der Waals surface area contributed by atoms with Crippen LogP contribution in [0.2, 0.25) is 0 Å². The number of benzene rings is 1. The minimum Gasteiger partial charge on any atom is -0.377 e. The fourth-order valence-electron chi connectivity index (χ4n) is 3.38. The Morgan fingerprint density at radius 3 is 2.33 bits per heavy atom. The molecule has 1 saturated carbocycles. The number of nitrogens with two attached hydrogens (primary N) is 1. The van der Waals surface area contributed by atoms with Crippen molar-refractivity contribution in [2.24, 2.45) is 11.7 Å². The summed E-state index contributed by atoms with van der Waals surface area (Å²) in [5.41, 5.74) is 6.89. The molecular formula is C17H25F2NO. The van der Waals surface area contributed by atoms with Gasteiger partial charge in [0.05, 0.1) is 6.10 Å². The van der Waals surface area contributed by atoms with Crippen molar-refractivity contribution in [1.29, 1.82) is 0 Å². The van der Waals surface area contributed by atoms with E-state index in [9.17, 15) is 8.78 Å². The van der Waals surface area contributed by atoms with Crippen LogP contribution in [0.5, 0.6) is 0 Å². The third-order valence-corrected chi connectivity index (χ3v) is 4.29. The van der Waals surface area contributed by atoms with Gasteiger partial charge in [-0.05, 0) is 49.8 Å². The second kappa shape index (κ2) is 7.85. The Morgan fingerprint density at radius 2 is 1.76 bits per heavy atom. The highest BCUT2D eigenvalue weighted by Crippen LogP contribution is 2.30. The van der Waals surface area contributed by atoms with E-state index in [4.69, 9.17) is 10.5 Å². The molecule has 1 aromatic carbocycles. The fraction of sp³-hybridized carbons (Fsp3) is 0.647. The van der Waals surface area contributed by atoms with E-state index in [-0.39, 0.29) is 12.1 Å². The maximum Gasteiger partial charge on any atom is 0.126 e. The van der Waals surface area contributed by atoms with Crippen LogP contribution in [0.25, 0.3) is 0 Å². The topological polar surface area (TPSA) is 35.2 Å². The molecule has 2 unspecified atom stereocenters. The van der Waals surface area contributed by atoms with Crippen LogP contribution in [0, 0.1) is 17.6 Å². The van der Waals surface area contributed by atoms with Crippen molar-refractivity contribution < 1.29 is 13.5 Å². The number of ether oxygens (including phenoxy) is 1. The molecule has 0 amide bonds. The van der Waals surface area contributed by atoms with Gasteiger partial charge in [-0.3, -0.25) is 0 Å². The van der Waals surface area contributed by atoms with E-state index in [1.165, 1.54) is 31.4 Å². The van der Waals surface area contributed by atoms with Gasteiger partial charge in [0, 0.05) is 18.7 Å². The molecule has 2 nitrogen and oxygen atoms in total. The first kappa shape index (κ1) is 16.4. The summed E-state index contributed by atoms with van der Waals surface area (Å²) in [6.07, 6.45) is 6.40. The van der Waals surface area contributed by atoms with Crippen LogP contribution in [0.4, 0.5) is 8.78 Å². The largest absolute Gasteiger partial charge is 0.377 e. The van der Waals surface area contributed by atoms with Gasteiger partial charge in [0.15, 0.2) is 0 Å². The molecule has 2 rings (SSSR count). The molecule has 1 aliphatic carbocycles. The van der Waals surface area contributed by atoms with Crippen LogP contribution in [0.3, 0.4) is 0 Å². The van der Waals surface area contributed by atoms with Crippen LogP contribution in [0.1, 0.15) is 44.6 Å². The lowest BCUT2D eigenvalue weighted by molar-refractivity contribution is -0.00914. The minimum atomic E-state index is -0.553. The van der Waals surface area contributed by atoms with E-state index in [0.717, 1.165) is 18.9 Å². The predicted molar refractivity (Wildman–Crippen MR) is 80.0 cm³/mol. The molecule has 0 radical (unpaired) electrons. The second-order valence-corrected chi connectivity index (χ2v) is 5.96. The zero-order valence-corrected chi connectivity index (χ0v) is 12.7. The minimum absolute atomic E-state index is 0.0263. The van der Waals surface area contributed by atoms with Crippen LogP contribution < -0.4 is 5.73 Å². The van der Waals surface area contributed by atoms with Gasteiger partial charge < -0.3 is 10.5 Å². The van der Waals surface area contributed by atoms with Crippen molar-refractivity contribution in [3.8, 4) is 0 Å². The standard InChI is InChI=1S/C17H25F2NO/c1-2-21-17(13-6-4-3-5-7-13)16(20)10-12-8-14(18)11-15(19)9-12/h8-9,11,13,16-17H,2-7,10,20H2,1H3. The summed E-state index contributed by atoms with van der Waals surface area (Å²) in [7, 11) is 0. The van der Waals surface area contributed by atoms with E-state index in [1.54, 1.807) is 0 Å². The molecule has 0 aromatic heterocycles. The molecule has 2 N–H and O–H groups in total. The maximum absolute atomic E-state index is 13.3. The summed E-state index contributed by atoms with van der Waals surface area (Å²) in [6, 6.07) is 3.37. The highest BCUT2D eigenvalue weighted by molar-refractivity contribution is 5.19. The Morgan fingerprint density at radius 1 is 1.14 bits per heavy atom. The van der Waals surface area contributed by atoms with Gasteiger partial charge in [-0.25, -0.2) is 8.78 Å². The molecular weight excluding hydrogens is 272 g/mol. The Hall–Kier alpha value is -1.00. The van der Waals surface area contributed by atoms with Crippen LogP contribution in [-0.2, 0) is 11.2 Å². The first-order chi connectivity index (χ1) is 10.1. The molecule has 0 bridgehead atoms. The molecule has 0 heterocycles. The lowest BCUT2D eigenvalue weighted by Crippen LogP contribution is -2.44. The van der Waals surface area contributed by atoms with E-state index in [2.05, 4.69) is 0 Å². The van der Waals surface area contributed by atoms with E-state index < -0.39 is 11.6 Å². The molecule has 0 spiro atoms.